The Morgan fingerprint density at radius 3 is 2.82 bits per heavy atom. The average Bonchev–Trinajstić information content (AvgIpc) is 3.27. The third-order valence-electron chi connectivity index (χ3n) is 5.55. The fraction of sp³-hybridized carbons (Fsp3) is 0.318. The van der Waals surface area contributed by atoms with Gasteiger partial charge in [-0.25, -0.2) is 0 Å². The average molecular weight is 394 g/mol. The maximum atomic E-state index is 13.2. The molecule has 2 atom stereocenters. The van der Waals surface area contributed by atoms with Crippen LogP contribution in [0.25, 0.3) is 0 Å². The summed E-state index contributed by atoms with van der Waals surface area (Å²) in [6, 6.07) is 15.0. The van der Waals surface area contributed by atoms with Gasteiger partial charge in [-0.2, -0.15) is 5.26 Å². The van der Waals surface area contributed by atoms with Crippen molar-refractivity contribution in [1.29, 1.82) is 5.26 Å². The highest BCUT2D eigenvalue weighted by molar-refractivity contribution is 6.17. The number of hydrogen-bond acceptors (Lipinski definition) is 3. The van der Waals surface area contributed by atoms with Crippen molar-refractivity contribution in [2.45, 2.75) is 25.1 Å². The number of rotatable bonds is 3. The van der Waals surface area contributed by atoms with E-state index in [1.807, 2.05) is 17.0 Å². The molecule has 0 N–H and O–H groups in total. The molecule has 1 unspecified atom stereocenters. The number of fused-ring (bicyclic) bond motifs is 1. The van der Waals surface area contributed by atoms with Crippen LogP contribution in [0.2, 0.25) is 0 Å². The van der Waals surface area contributed by atoms with E-state index in [4.69, 9.17) is 16.9 Å². The third kappa shape index (κ3) is 3.14. The maximum absolute atomic E-state index is 13.2. The van der Waals surface area contributed by atoms with Crippen LogP contribution in [-0.2, 0) is 15.5 Å². The van der Waals surface area contributed by atoms with Crippen LogP contribution in [0, 0.1) is 17.2 Å². The van der Waals surface area contributed by atoms with Crippen LogP contribution in [0.3, 0.4) is 0 Å². The minimum Gasteiger partial charge on any atom is -0.312 e. The summed E-state index contributed by atoms with van der Waals surface area (Å²) in [7, 11) is 0. The molecule has 28 heavy (non-hydrogen) atoms. The second kappa shape index (κ2) is 7.29. The van der Waals surface area contributed by atoms with Crippen molar-refractivity contribution in [2.24, 2.45) is 5.92 Å². The summed E-state index contributed by atoms with van der Waals surface area (Å²) < 4.78 is 0. The summed E-state index contributed by atoms with van der Waals surface area (Å²) in [5.74, 6) is 0.198. The monoisotopic (exact) mass is 393 g/mol. The number of carbonyl (C=O) groups is 2. The second-order valence-electron chi connectivity index (χ2n) is 7.44. The number of hydrogen-bond donors (Lipinski definition) is 0. The van der Waals surface area contributed by atoms with Crippen molar-refractivity contribution in [3.63, 3.8) is 0 Å². The SMILES string of the molecule is CC1CN(C(=O)[C@H]2CC(=O)N(c3cccc(C#N)c3)C2)c2ccc(CCl)cc21. The Bertz CT molecular complexity index is 998. The number of alkyl halides is 1. The minimum absolute atomic E-state index is 0.0171. The van der Waals surface area contributed by atoms with E-state index >= 15 is 0 Å². The lowest BCUT2D eigenvalue weighted by Gasteiger charge is -2.22. The van der Waals surface area contributed by atoms with Gasteiger partial charge in [-0.3, -0.25) is 9.59 Å². The molecule has 2 aromatic carbocycles. The summed E-state index contributed by atoms with van der Waals surface area (Å²) in [4.78, 5) is 29.2. The fourth-order valence-corrected chi connectivity index (χ4v) is 4.26. The largest absolute Gasteiger partial charge is 0.312 e. The quantitative estimate of drug-likeness (QED) is 0.745. The lowest BCUT2D eigenvalue weighted by atomic mass is 10.0. The van der Waals surface area contributed by atoms with E-state index in [1.165, 1.54) is 0 Å². The highest BCUT2D eigenvalue weighted by Gasteiger charge is 2.40. The first-order valence-electron chi connectivity index (χ1n) is 9.32. The molecule has 2 amide bonds. The van der Waals surface area contributed by atoms with Crippen molar-refractivity contribution in [2.75, 3.05) is 22.9 Å². The number of halogens is 1. The van der Waals surface area contributed by atoms with Gasteiger partial charge in [0.2, 0.25) is 11.8 Å². The van der Waals surface area contributed by atoms with Crippen LogP contribution in [0.15, 0.2) is 42.5 Å². The molecule has 1 saturated heterocycles. The molecule has 0 aliphatic carbocycles. The zero-order valence-corrected chi connectivity index (χ0v) is 16.3. The topological polar surface area (TPSA) is 64.4 Å². The van der Waals surface area contributed by atoms with Crippen LogP contribution in [0.1, 0.15) is 36.0 Å². The van der Waals surface area contributed by atoms with Crippen LogP contribution in [0.5, 0.6) is 0 Å². The van der Waals surface area contributed by atoms with Gasteiger partial charge in [-0.1, -0.05) is 25.1 Å². The first kappa shape index (κ1) is 18.5. The minimum atomic E-state index is -0.385. The Morgan fingerprint density at radius 2 is 2.07 bits per heavy atom. The van der Waals surface area contributed by atoms with E-state index in [2.05, 4.69) is 19.1 Å². The molecule has 0 spiro atoms. The number of carbonyl (C=O) groups excluding carboxylic acids is 2. The number of amides is 2. The van der Waals surface area contributed by atoms with Crippen LogP contribution in [-0.4, -0.2) is 24.9 Å². The molecular formula is C22H20ClN3O2. The Morgan fingerprint density at radius 1 is 1.25 bits per heavy atom. The van der Waals surface area contributed by atoms with Crippen LogP contribution < -0.4 is 9.80 Å². The van der Waals surface area contributed by atoms with Gasteiger partial charge in [0.1, 0.15) is 0 Å². The van der Waals surface area contributed by atoms with E-state index < -0.39 is 0 Å². The first-order valence-corrected chi connectivity index (χ1v) is 9.86. The number of benzene rings is 2. The van der Waals surface area contributed by atoms with E-state index in [9.17, 15) is 9.59 Å². The standard InChI is InChI=1S/C22H20ClN3O2/c1-14-12-26(20-6-5-15(10-23)8-19(14)20)22(28)17-9-21(27)25(13-17)18-4-2-3-16(7-18)11-24/h2-8,14,17H,9-10,12-13H2,1H3/t14?,17-/m0/s1. The van der Waals surface area contributed by atoms with Crippen LogP contribution >= 0.6 is 11.6 Å². The van der Waals surface area contributed by atoms with Crippen LogP contribution in [0.4, 0.5) is 11.4 Å². The number of anilines is 2. The normalized spacial score (nSPS) is 21.0. The van der Waals surface area contributed by atoms with E-state index in [-0.39, 0.29) is 30.1 Å². The molecule has 0 saturated carbocycles. The van der Waals surface area contributed by atoms with Gasteiger partial charge >= 0.3 is 0 Å². The molecule has 1 fully saturated rings. The molecule has 0 bridgehead atoms. The van der Waals surface area contributed by atoms with Crippen molar-refractivity contribution >= 4 is 34.8 Å². The van der Waals surface area contributed by atoms with Crippen molar-refractivity contribution in [1.82, 2.24) is 0 Å². The summed E-state index contributed by atoms with van der Waals surface area (Å²) in [5, 5.41) is 9.09. The van der Waals surface area contributed by atoms with Gasteiger partial charge in [-0.05, 0) is 35.4 Å². The molecule has 2 aliphatic rings. The Kier molecular flexibility index (Phi) is 4.82. The zero-order chi connectivity index (χ0) is 19.8. The number of nitrogens with zero attached hydrogens (tertiary/aromatic N) is 3. The number of nitriles is 1. The molecule has 2 aromatic rings. The highest BCUT2D eigenvalue weighted by Crippen LogP contribution is 2.39. The molecule has 2 aliphatic heterocycles. The van der Waals surface area contributed by atoms with Gasteiger partial charge in [0.25, 0.3) is 0 Å². The molecule has 5 nitrogen and oxygen atoms in total. The van der Waals surface area contributed by atoms with E-state index in [0.717, 1.165) is 16.8 Å². The zero-order valence-electron chi connectivity index (χ0n) is 15.6. The Balaban J connectivity index is 1.56. The predicted molar refractivity (Wildman–Crippen MR) is 108 cm³/mol. The summed E-state index contributed by atoms with van der Waals surface area (Å²) >= 11 is 5.95. The predicted octanol–water partition coefficient (Wildman–Crippen LogP) is 3.80. The molecule has 142 valence electrons. The van der Waals surface area contributed by atoms with E-state index in [0.29, 0.717) is 30.2 Å². The lowest BCUT2D eigenvalue weighted by Crippen LogP contribution is -2.36. The smallest absolute Gasteiger partial charge is 0.232 e. The molecular weight excluding hydrogens is 374 g/mol. The maximum Gasteiger partial charge on any atom is 0.232 e. The first-order chi connectivity index (χ1) is 13.5. The fourth-order valence-electron chi connectivity index (χ4n) is 4.09. The molecule has 0 radical (unpaired) electrons. The summed E-state index contributed by atoms with van der Waals surface area (Å²) in [6.07, 6.45) is 0.190. The summed E-state index contributed by atoms with van der Waals surface area (Å²) in [5.41, 5.74) is 4.26. The Labute approximate surface area is 169 Å². The van der Waals surface area contributed by atoms with Gasteiger partial charge in [0.15, 0.2) is 0 Å². The van der Waals surface area contributed by atoms with Crippen molar-refractivity contribution < 1.29 is 9.59 Å². The van der Waals surface area contributed by atoms with Crippen molar-refractivity contribution in [3.8, 4) is 6.07 Å². The summed E-state index contributed by atoms with van der Waals surface area (Å²) in [6.45, 7) is 3.06. The van der Waals surface area contributed by atoms with Gasteiger partial charge in [-0.15, -0.1) is 11.6 Å². The van der Waals surface area contributed by atoms with Crippen molar-refractivity contribution in [3.05, 3.63) is 59.2 Å². The lowest BCUT2D eigenvalue weighted by molar-refractivity contribution is -0.124. The van der Waals surface area contributed by atoms with E-state index in [1.54, 1.807) is 29.2 Å². The second-order valence-corrected chi connectivity index (χ2v) is 7.71. The van der Waals surface area contributed by atoms with Gasteiger partial charge in [0, 0.05) is 42.7 Å². The van der Waals surface area contributed by atoms with Gasteiger partial charge in [0.05, 0.1) is 17.6 Å². The molecule has 2 heterocycles. The molecule has 0 aromatic heterocycles. The molecule has 6 heteroatoms. The highest BCUT2D eigenvalue weighted by atomic mass is 35.5. The molecule has 4 rings (SSSR count). The third-order valence-corrected chi connectivity index (χ3v) is 5.86. The Hall–Kier alpha value is -2.84. The van der Waals surface area contributed by atoms with Gasteiger partial charge < -0.3 is 9.80 Å².